The van der Waals surface area contributed by atoms with Gasteiger partial charge in [-0.05, 0) is 56.2 Å². The zero-order valence-corrected chi connectivity index (χ0v) is 15.8. The standard InChI is InChI=1S/C22H20FNO4/c1-13-7-6-8-14(2)20(13)24-21(25)15(3)27-22(26)19-12-11-18(28-19)16-9-4-5-10-17(16)23/h4-12,15H,1-3H3,(H,24,25). The minimum atomic E-state index is -1.03. The summed E-state index contributed by atoms with van der Waals surface area (Å²) < 4.78 is 24.4. The molecule has 144 valence electrons. The highest BCUT2D eigenvalue weighted by atomic mass is 19.1. The quantitative estimate of drug-likeness (QED) is 0.639. The van der Waals surface area contributed by atoms with Gasteiger partial charge in [0.05, 0.1) is 5.56 Å². The highest BCUT2D eigenvalue weighted by Gasteiger charge is 2.22. The number of benzene rings is 2. The molecule has 1 amide bonds. The fraction of sp³-hybridized carbons (Fsp3) is 0.182. The lowest BCUT2D eigenvalue weighted by Gasteiger charge is -2.15. The Kier molecular flexibility index (Phi) is 5.59. The van der Waals surface area contributed by atoms with Crippen LogP contribution in [0.2, 0.25) is 0 Å². The van der Waals surface area contributed by atoms with Crippen LogP contribution < -0.4 is 5.32 Å². The Hall–Kier alpha value is -3.41. The molecular formula is C22H20FNO4. The summed E-state index contributed by atoms with van der Waals surface area (Å²) in [6.45, 7) is 5.24. The number of esters is 1. The molecular weight excluding hydrogens is 361 g/mol. The predicted molar refractivity (Wildman–Crippen MR) is 104 cm³/mol. The minimum Gasteiger partial charge on any atom is -0.449 e. The number of carbonyl (C=O) groups is 2. The van der Waals surface area contributed by atoms with E-state index in [0.29, 0.717) is 5.69 Å². The molecule has 0 saturated carbocycles. The summed E-state index contributed by atoms with van der Waals surface area (Å²) in [6.07, 6.45) is -1.03. The first-order valence-corrected chi connectivity index (χ1v) is 8.79. The van der Waals surface area contributed by atoms with Crippen LogP contribution in [0.5, 0.6) is 0 Å². The summed E-state index contributed by atoms with van der Waals surface area (Å²) in [7, 11) is 0. The van der Waals surface area contributed by atoms with E-state index in [2.05, 4.69) is 5.32 Å². The van der Waals surface area contributed by atoms with Gasteiger partial charge in [-0.2, -0.15) is 0 Å². The van der Waals surface area contributed by atoms with Crippen LogP contribution in [0.3, 0.4) is 0 Å². The van der Waals surface area contributed by atoms with E-state index < -0.39 is 23.8 Å². The van der Waals surface area contributed by atoms with Gasteiger partial charge < -0.3 is 14.5 Å². The van der Waals surface area contributed by atoms with E-state index in [1.54, 1.807) is 18.2 Å². The third kappa shape index (κ3) is 4.11. The van der Waals surface area contributed by atoms with Crippen molar-refractivity contribution in [2.45, 2.75) is 26.9 Å². The van der Waals surface area contributed by atoms with Crippen molar-refractivity contribution in [2.24, 2.45) is 0 Å². The summed E-state index contributed by atoms with van der Waals surface area (Å²) >= 11 is 0. The average molecular weight is 381 g/mol. The molecule has 6 heteroatoms. The largest absolute Gasteiger partial charge is 0.449 e. The van der Waals surface area contributed by atoms with E-state index in [1.165, 1.54) is 25.1 Å². The molecule has 1 unspecified atom stereocenters. The lowest BCUT2D eigenvalue weighted by molar-refractivity contribution is -0.123. The number of ether oxygens (including phenoxy) is 1. The minimum absolute atomic E-state index is 0.107. The fourth-order valence-electron chi connectivity index (χ4n) is 2.76. The zero-order valence-electron chi connectivity index (χ0n) is 15.8. The van der Waals surface area contributed by atoms with E-state index in [-0.39, 0.29) is 17.1 Å². The molecule has 5 nitrogen and oxygen atoms in total. The molecule has 0 spiro atoms. The van der Waals surface area contributed by atoms with Gasteiger partial charge in [0.2, 0.25) is 5.76 Å². The second-order valence-corrected chi connectivity index (χ2v) is 6.45. The Bertz CT molecular complexity index is 1000. The Morgan fingerprint density at radius 1 is 1.00 bits per heavy atom. The van der Waals surface area contributed by atoms with Gasteiger partial charge in [-0.1, -0.05) is 30.3 Å². The number of halogens is 1. The van der Waals surface area contributed by atoms with Crippen molar-refractivity contribution < 1.29 is 23.1 Å². The van der Waals surface area contributed by atoms with E-state index in [1.807, 2.05) is 32.0 Å². The molecule has 0 radical (unpaired) electrons. The third-order valence-corrected chi connectivity index (χ3v) is 4.33. The van der Waals surface area contributed by atoms with Crippen LogP contribution in [-0.4, -0.2) is 18.0 Å². The Morgan fingerprint density at radius 3 is 2.36 bits per heavy atom. The molecule has 1 aromatic heterocycles. The van der Waals surface area contributed by atoms with Crippen molar-refractivity contribution in [1.82, 2.24) is 0 Å². The van der Waals surface area contributed by atoms with E-state index in [0.717, 1.165) is 11.1 Å². The van der Waals surface area contributed by atoms with Gasteiger partial charge in [0.25, 0.3) is 5.91 Å². The van der Waals surface area contributed by atoms with Gasteiger partial charge in [0, 0.05) is 5.69 Å². The zero-order chi connectivity index (χ0) is 20.3. The van der Waals surface area contributed by atoms with Crippen molar-refractivity contribution in [2.75, 3.05) is 5.32 Å². The van der Waals surface area contributed by atoms with Gasteiger partial charge in [0.15, 0.2) is 6.10 Å². The van der Waals surface area contributed by atoms with Gasteiger partial charge in [-0.3, -0.25) is 4.79 Å². The summed E-state index contributed by atoms with van der Waals surface area (Å²) in [5, 5.41) is 2.78. The molecule has 0 saturated heterocycles. The predicted octanol–water partition coefficient (Wildman–Crippen LogP) is 4.89. The number of anilines is 1. The van der Waals surface area contributed by atoms with Crippen molar-refractivity contribution in [3.05, 3.63) is 77.3 Å². The highest BCUT2D eigenvalue weighted by molar-refractivity contribution is 5.97. The van der Waals surface area contributed by atoms with Crippen LogP contribution in [0.25, 0.3) is 11.3 Å². The smallest absolute Gasteiger partial charge is 0.375 e. The summed E-state index contributed by atoms with van der Waals surface area (Å²) in [6, 6.07) is 14.6. The summed E-state index contributed by atoms with van der Waals surface area (Å²) in [5.74, 6) is -1.61. The molecule has 0 aliphatic heterocycles. The fourth-order valence-corrected chi connectivity index (χ4v) is 2.76. The van der Waals surface area contributed by atoms with Crippen LogP contribution in [0, 0.1) is 19.7 Å². The van der Waals surface area contributed by atoms with Crippen LogP contribution in [0.15, 0.2) is 59.0 Å². The van der Waals surface area contributed by atoms with Gasteiger partial charge >= 0.3 is 5.97 Å². The van der Waals surface area contributed by atoms with Crippen molar-refractivity contribution >= 4 is 17.6 Å². The maximum Gasteiger partial charge on any atom is 0.375 e. The summed E-state index contributed by atoms with van der Waals surface area (Å²) in [4.78, 5) is 24.7. The van der Waals surface area contributed by atoms with E-state index in [4.69, 9.17) is 9.15 Å². The van der Waals surface area contributed by atoms with Crippen molar-refractivity contribution in [1.29, 1.82) is 0 Å². The normalized spacial score (nSPS) is 11.7. The maximum absolute atomic E-state index is 13.8. The second kappa shape index (κ2) is 8.08. The maximum atomic E-state index is 13.8. The first-order chi connectivity index (χ1) is 13.4. The average Bonchev–Trinajstić information content (AvgIpc) is 3.15. The monoisotopic (exact) mass is 381 g/mol. The highest BCUT2D eigenvalue weighted by Crippen LogP contribution is 2.25. The molecule has 1 atom stereocenters. The molecule has 0 aliphatic rings. The van der Waals surface area contributed by atoms with Gasteiger partial charge in [0.1, 0.15) is 11.6 Å². The molecule has 3 rings (SSSR count). The van der Waals surface area contributed by atoms with Crippen molar-refractivity contribution in [3.63, 3.8) is 0 Å². The lowest BCUT2D eigenvalue weighted by atomic mass is 10.1. The van der Waals surface area contributed by atoms with Crippen LogP contribution in [-0.2, 0) is 9.53 Å². The number of hydrogen-bond acceptors (Lipinski definition) is 4. The number of para-hydroxylation sites is 1. The SMILES string of the molecule is Cc1cccc(C)c1NC(=O)C(C)OC(=O)c1ccc(-c2ccccc2F)o1. The van der Waals surface area contributed by atoms with Crippen LogP contribution in [0.4, 0.5) is 10.1 Å². The number of rotatable bonds is 5. The molecule has 28 heavy (non-hydrogen) atoms. The van der Waals surface area contributed by atoms with Crippen LogP contribution >= 0.6 is 0 Å². The van der Waals surface area contributed by atoms with E-state index in [9.17, 15) is 14.0 Å². The first-order valence-electron chi connectivity index (χ1n) is 8.79. The molecule has 0 fully saturated rings. The third-order valence-electron chi connectivity index (χ3n) is 4.33. The molecule has 0 aliphatic carbocycles. The van der Waals surface area contributed by atoms with Gasteiger partial charge in [-0.15, -0.1) is 0 Å². The lowest BCUT2D eigenvalue weighted by Crippen LogP contribution is -2.30. The molecule has 0 bridgehead atoms. The Balaban J connectivity index is 1.68. The first kappa shape index (κ1) is 19.4. The summed E-state index contributed by atoms with van der Waals surface area (Å²) in [5.41, 5.74) is 2.75. The number of nitrogens with one attached hydrogen (secondary N) is 1. The molecule has 1 N–H and O–H groups in total. The number of hydrogen-bond donors (Lipinski definition) is 1. The van der Waals surface area contributed by atoms with Gasteiger partial charge in [-0.25, -0.2) is 9.18 Å². The Morgan fingerprint density at radius 2 is 1.68 bits per heavy atom. The van der Waals surface area contributed by atoms with E-state index >= 15 is 0 Å². The molecule has 3 aromatic rings. The number of furan rings is 1. The number of aryl methyl sites for hydroxylation is 2. The van der Waals surface area contributed by atoms with Crippen LogP contribution in [0.1, 0.15) is 28.6 Å². The topological polar surface area (TPSA) is 68.5 Å². The van der Waals surface area contributed by atoms with Crippen molar-refractivity contribution in [3.8, 4) is 11.3 Å². The Labute approximate surface area is 162 Å². The number of carbonyl (C=O) groups excluding carboxylic acids is 2. The second-order valence-electron chi connectivity index (χ2n) is 6.45. The molecule has 1 heterocycles. The number of amides is 1. The molecule has 2 aromatic carbocycles.